The van der Waals surface area contributed by atoms with Gasteiger partial charge in [0, 0.05) is 16.8 Å². The number of benzene rings is 1. The zero-order valence-corrected chi connectivity index (χ0v) is 12.8. The van der Waals surface area contributed by atoms with E-state index in [9.17, 15) is 17.2 Å². The Hall–Kier alpha value is -1.51. The molecular weight excluding hydrogens is 318 g/mol. The van der Waals surface area contributed by atoms with Gasteiger partial charge in [0.1, 0.15) is 0 Å². The second kappa shape index (κ2) is 6.50. The molecular formula is C13H14F2N2O2S2. The fourth-order valence-corrected chi connectivity index (χ4v) is 3.93. The molecule has 0 unspecified atom stereocenters. The summed E-state index contributed by atoms with van der Waals surface area (Å²) in [6, 6.07) is 4.83. The second-order valence-electron chi connectivity index (χ2n) is 4.24. The summed E-state index contributed by atoms with van der Waals surface area (Å²) in [6.07, 6.45) is 0. The average Bonchev–Trinajstić information content (AvgIpc) is 2.91. The van der Waals surface area contributed by atoms with Crippen LogP contribution in [0.4, 0.5) is 14.5 Å². The zero-order chi connectivity index (χ0) is 15.5. The molecule has 21 heavy (non-hydrogen) atoms. The Bertz CT molecular complexity index is 730. The van der Waals surface area contributed by atoms with Crippen molar-refractivity contribution >= 4 is 27.0 Å². The van der Waals surface area contributed by atoms with E-state index < -0.39 is 27.3 Å². The Morgan fingerprint density at radius 1 is 1.29 bits per heavy atom. The molecule has 0 fully saturated rings. The van der Waals surface area contributed by atoms with Gasteiger partial charge >= 0.3 is 0 Å². The van der Waals surface area contributed by atoms with Crippen LogP contribution in [-0.2, 0) is 16.6 Å². The van der Waals surface area contributed by atoms with Crippen LogP contribution in [-0.4, -0.2) is 15.0 Å². The molecule has 8 heteroatoms. The first-order chi connectivity index (χ1) is 9.94. The van der Waals surface area contributed by atoms with Crippen molar-refractivity contribution in [2.45, 2.75) is 18.4 Å². The molecule has 0 atom stereocenters. The van der Waals surface area contributed by atoms with Crippen molar-refractivity contribution < 1.29 is 17.2 Å². The average molecular weight is 332 g/mol. The number of hydrogen-bond acceptors (Lipinski definition) is 4. The van der Waals surface area contributed by atoms with Crippen LogP contribution in [0.1, 0.15) is 11.8 Å². The number of hydrogen-bond donors (Lipinski definition) is 2. The van der Waals surface area contributed by atoms with Gasteiger partial charge in [0.05, 0.1) is 10.6 Å². The monoisotopic (exact) mass is 332 g/mol. The second-order valence-corrected chi connectivity index (χ2v) is 6.91. The highest BCUT2D eigenvalue weighted by Crippen LogP contribution is 2.24. The van der Waals surface area contributed by atoms with Crippen molar-refractivity contribution in [2.75, 3.05) is 11.3 Å². The molecule has 1 aromatic carbocycles. The first-order valence-corrected chi connectivity index (χ1v) is 8.55. The molecule has 0 bridgehead atoms. The van der Waals surface area contributed by atoms with Gasteiger partial charge < -0.3 is 5.32 Å². The van der Waals surface area contributed by atoms with Crippen molar-refractivity contribution in [1.82, 2.24) is 5.32 Å². The van der Waals surface area contributed by atoms with E-state index in [1.807, 2.05) is 6.92 Å². The molecule has 0 aliphatic rings. The smallest absolute Gasteiger partial charge is 0.262 e. The number of thiophene rings is 1. The van der Waals surface area contributed by atoms with E-state index in [1.165, 1.54) is 34.9 Å². The van der Waals surface area contributed by atoms with Gasteiger partial charge in [0.25, 0.3) is 10.0 Å². The summed E-state index contributed by atoms with van der Waals surface area (Å²) < 4.78 is 52.9. The lowest BCUT2D eigenvalue weighted by Gasteiger charge is -2.07. The van der Waals surface area contributed by atoms with E-state index in [0.29, 0.717) is 6.54 Å². The van der Waals surface area contributed by atoms with Crippen LogP contribution < -0.4 is 10.0 Å². The minimum absolute atomic E-state index is 0.0315. The number of nitrogens with one attached hydrogen (secondary N) is 2. The third kappa shape index (κ3) is 3.78. The molecule has 0 amide bonds. The standard InChI is InChI=1S/C13H14F2N2O2S2/c1-2-16-7-9-6-10(8-20-9)21(18,19)17-12-5-3-4-11(14)13(12)15/h3-6,8,16-17H,2,7H2,1H3. The SMILES string of the molecule is CCNCc1cc(S(=O)(=O)Nc2cccc(F)c2F)cs1. The maximum absolute atomic E-state index is 13.5. The van der Waals surface area contributed by atoms with Crippen LogP contribution in [0, 0.1) is 11.6 Å². The molecule has 0 saturated heterocycles. The molecule has 0 spiro atoms. The maximum Gasteiger partial charge on any atom is 0.262 e. The minimum atomic E-state index is -3.93. The van der Waals surface area contributed by atoms with E-state index in [0.717, 1.165) is 17.5 Å². The van der Waals surface area contributed by atoms with Crippen molar-refractivity contribution in [3.8, 4) is 0 Å². The highest BCUT2D eigenvalue weighted by atomic mass is 32.2. The van der Waals surface area contributed by atoms with Gasteiger partial charge in [-0.2, -0.15) is 0 Å². The molecule has 1 heterocycles. The van der Waals surface area contributed by atoms with Gasteiger partial charge in [-0.25, -0.2) is 17.2 Å². The van der Waals surface area contributed by atoms with E-state index in [-0.39, 0.29) is 4.90 Å². The number of sulfonamides is 1. The number of anilines is 1. The summed E-state index contributed by atoms with van der Waals surface area (Å²) in [6.45, 7) is 3.28. The lowest BCUT2D eigenvalue weighted by molar-refractivity contribution is 0.511. The lowest BCUT2D eigenvalue weighted by Crippen LogP contribution is -2.14. The summed E-state index contributed by atoms with van der Waals surface area (Å²) >= 11 is 1.28. The molecule has 4 nitrogen and oxygen atoms in total. The summed E-state index contributed by atoms with van der Waals surface area (Å²) in [5.41, 5.74) is -0.408. The molecule has 2 N–H and O–H groups in total. The number of halogens is 2. The van der Waals surface area contributed by atoms with Gasteiger partial charge in [-0.1, -0.05) is 13.0 Å². The first-order valence-electron chi connectivity index (χ1n) is 6.19. The van der Waals surface area contributed by atoms with Crippen molar-refractivity contribution in [2.24, 2.45) is 0 Å². The van der Waals surface area contributed by atoms with Gasteiger partial charge in [-0.15, -0.1) is 11.3 Å². The van der Waals surface area contributed by atoms with Crippen LogP contribution in [0.15, 0.2) is 34.5 Å². The first kappa shape index (κ1) is 15.9. The van der Waals surface area contributed by atoms with Gasteiger partial charge in [-0.3, -0.25) is 4.72 Å². The Kier molecular flexibility index (Phi) is 4.92. The van der Waals surface area contributed by atoms with E-state index >= 15 is 0 Å². The van der Waals surface area contributed by atoms with Crippen LogP contribution in [0.3, 0.4) is 0 Å². The van der Waals surface area contributed by atoms with Crippen LogP contribution in [0.2, 0.25) is 0 Å². The van der Waals surface area contributed by atoms with E-state index in [4.69, 9.17) is 0 Å². The van der Waals surface area contributed by atoms with Crippen molar-refractivity contribution in [1.29, 1.82) is 0 Å². The molecule has 2 aromatic rings. The largest absolute Gasteiger partial charge is 0.312 e. The van der Waals surface area contributed by atoms with Gasteiger partial charge in [-0.05, 0) is 24.7 Å². The molecule has 2 rings (SSSR count). The summed E-state index contributed by atoms with van der Waals surface area (Å²) in [5.74, 6) is -2.32. The van der Waals surface area contributed by atoms with Gasteiger partial charge in [0.2, 0.25) is 0 Å². The van der Waals surface area contributed by atoms with Gasteiger partial charge in [0.15, 0.2) is 11.6 Å². The normalized spacial score (nSPS) is 11.6. The third-order valence-electron chi connectivity index (χ3n) is 2.69. The molecule has 0 aliphatic heterocycles. The summed E-state index contributed by atoms with van der Waals surface area (Å²) in [4.78, 5) is 0.876. The molecule has 114 valence electrons. The van der Waals surface area contributed by atoms with Crippen molar-refractivity contribution in [3.05, 3.63) is 46.2 Å². The van der Waals surface area contributed by atoms with E-state index in [2.05, 4.69) is 10.0 Å². The fraction of sp³-hybridized carbons (Fsp3) is 0.231. The highest BCUT2D eigenvalue weighted by Gasteiger charge is 2.19. The molecule has 0 radical (unpaired) electrons. The molecule has 0 saturated carbocycles. The zero-order valence-electron chi connectivity index (χ0n) is 11.2. The van der Waals surface area contributed by atoms with Crippen LogP contribution >= 0.6 is 11.3 Å². The predicted octanol–water partition coefficient (Wildman–Crippen LogP) is 2.94. The quantitative estimate of drug-likeness (QED) is 0.855. The summed E-state index contributed by atoms with van der Waals surface area (Å²) in [7, 11) is -3.93. The Labute approximate surface area is 125 Å². The topological polar surface area (TPSA) is 58.2 Å². The third-order valence-corrected chi connectivity index (χ3v) is 5.12. The van der Waals surface area contributed by atoms with E-state index in [1.54, 1.807) is 0 Å². The number of rotatable bonds is 6. The van der Waals surface area contributed by atoms with Crippen LogP contribution in [0.5, 0.6) is 0 Å². The highest BCUT2D eigenvalue weighted by molar-refractivity contribution is 7.92. The lowest BCUT2D eigenvalue weighted by atomic mass is 10.3. The molecule has 0 aliphatic carbocycles. The van der Waals surface area contributed by atoms with Crippen LogP contribution in [0.25, 0.3) is 0 Å². The molecule has 1 aromatic heterocycles. The Morgan fingerprint density at radius 2 is 2.05 bits per heavy atom. The Balaban J connectivity index is 2.22. The summed E-state index contributed by atoms with van der Waals surface area (Å²) in [5, 5.41) is 4.55. The predicted molar refractivity (Wildman–Crippen MR) is 78.9 cm³/mol. The Morgan fingerprint density at radius 3 is 2.76 bits per heavy atom. The fourth-order valence-electron chi connectivity index (χ4n) is 1.63. The maximum atomic E-state index is 13.5. The van der Waals surface area contributed by atoms with Crippen molar-refractivity contribution in [3.63, 3.8) is 0 Å². The minimum Gasteiger partial charge on any atom is -0.312 e.